The van der Waals surface area contributed by atoms with Crippen molar-refractivity contribution in [2.24, 2.45) is 5.73 Å². The lowest BCUT2D eigenvalue weighted by Gasteiger charge is -2.01. The fourth-order valence-corrected chi connectivity index (χ4v) is 0.628. The number of benzene rings is 1. The van der Waals surface area contributed by atoms with E-state index in [0.29, 0.717) is 0 Å². The molecule has 1 nitrogen and oxygen atoms in total. The van der Waals surface area contributed by atoms with E-state index in [4.69, 9.17) is 5.73 Å². The van der Waals surface area contributed by atoms with E-state index in [1.165, 1.54) is 0 Å². The van der Waals surface area contributed by atoms with E-state index in [1.54, 1.807) is 0 Å². The highest BCUT2D eigenvalue weighted by atomic mass is 14.6. The molecular formula is C8H9N. The number of rotatable bonds is 1. The van der Waals surface area contributed by atoms with Crippen LogP contribution < -0.4 is 5.73 Å². The van der Waals surface area contributed by atoms with Gasteiger partial charge in [-0.1, -0.05) is 12.1 Å². The fourth-order valence-electron chi connectivity index (χ4n) is 0.628. The zero-order chi connectivity index (χ0) is 6.69. The van der Waals surface area contributed by atoms with Crippen molar-refractivity contribution in [3.8, 4) is 0 Å². The second-order valence-electron chi connectivity index (χ2n) is 2.03. The average Bonchev–Trinajstić information content (AvgIpc) is 1.90. The van der Waals surface area contributed by atoms with Crippen molar-refractivity contribution in [3.63, 3.8) is 0 Å². The van der Waals surface area contributed by atoms with Crippen LogP contribution in [0.1, 0.15) is 18.5 Å². The van der Waals surface area contributed by atoms with Crippen molar-refractivity contribution in [2.45, 2.75) is 13.0 Å². The first-order chi connectivity index (χ1) is 4.30. The molecule has 0 aliphatic heterocycles. The van der Waals surface area contributed by atoms with Gasteiger partial charge in [-0.3, -0.25) is 0 Å². The van der Waals surface area contributed by atoms with Crippen molar-refractivity contribution < 1.29 is 0 Å². The topological polar surface area (TPSA) is 26.0 Å². The molecule has 0 fully saturated rings. The highest BCUT2D eigenvalue weighted by molar-refractivity contribution is 5.14. The lowest BCUT2D eigenvalue weighted by molar-refractivity contribution is 0.816. The van der Waals surface area contributed by atoms with E-state index in [1.807, 2.05) is 25.1 Å². The summed E-state index contributed by atoms with van der Waals surface area (Å²) in [6.07, 6.45) is 0. The van der Waals surface area contributed by atoms with Gasteiger partial charge in [0.25, 0.3) is 0 Å². The summed E-state index contributed by atoms with van der Waals surface area (Å²) in [5.74, 6) is 0. The van der Waals surface area contributed by atoms with E-state index >= 15 is 0 Å². The van der Waals surface area contributed by atoms with E-state index in [-0.39, 0.29) is 6.04 Å². The fraction of sp³-hybridized carbons (Fsp3) is 0.250. The largest absolute Gasteiger partial charge is 0.324 e. The van der Waals surface area contributed by atoms with Crippen molar-refractivity contribution in [1.82, 2.24) is 0 Å². The molecule has 1 aromatic carbocycles. The van der Waals surface area contributed by atoms with Gasteiger partial charge in [-0.15, -0.1) is 0 Å². The minimum absolute atomic E-state index is 0.0717. The SMILES string of the molecule is CC(N)c1[c]cc[c]c1. The third kappa shape index (κ3) is 1.54. The summed E-state index contributed by atoms with van der Waals surface area (Å²) in [7, 11) is 0. The van der Waals surface area contributed by atoms with Crippen LogP contribution in [0.25, 0.3) is 0 Å². The molecule has 0 spiro atoms. The summed E-state index contributed by atoms with van der Waals surface area (Å²) in [5, 5.41) is 0. The number of nitrogens with two attached hydrogens (primary N) is 1. The molecule has 2 radical (unpaired) electrons. The summed E-state index contributed by atoms with van der Waals surface area (Å²) in [4.78, 5) is 0. The minimum atomic E-state index is 0.0717. The predicted octanol–water partition coefficient (Wildman–Crippen LogP) is 1.31. The Labute approximate surface area is 55.5 Å². The molecule has 1 unspecified atom stereocenters. The Morgan fingerprint density at radius 1 is 1.56 bits per heavy atom. The Bertz CT molecular complexity index is 167. The van der Waals surface area contributed by atoms with Gasteiger partial charge in [0, 0.05) is 6.04 Å². The highest BCUT2D eigenvalue weighted by Gasteiger charge is 1.94. The number of hydrogen-bond donors (Lipinski definition) is 1. The van der Waals surface area contributed by atoms with Crippen LogP contribution in [0.5, 0.6) is 0 Å². The molecule has 0 bridgehead atoms. The Balaban J connectivity index is 2.85. The molecule has 1 rings (SSSR count). The van der Waals surface area contributed by atoms with Crippen molar-refractivity contribution in [3.05, 3.63) is 35.9 Å². The summed E-state index contributed by atoms with van der Waals surface area (Å²) in [6, 6.07) is 11.5. The molecule has 2 N–H and O–H groups in total. The summed E-state index contributed by atoms with van der Waals surface area (Å²) in [5.41, 5.74) is 6.57. The van der Waals surface area contributed by atoms with Gasteiger partial charge in [0.2, 0.25) is 0 Å². The quantitative estimate of drug-likeness (QED) is 0.592. The van der Waals surface area contributed by atoms with E-state index in [0.717, 1.165) is 5.56 Å². The monoisotopic (exact) mass is 119 g/mol. The molecular weight excluding hydrogens is 110 g/mol. The second-order valence-corrected chi connectivity index (χ2v) is 2.03. The minimum Gasteiger partial charge on any atom is -0.324 e. The van der Waals surface area contributed by atoms with E-state index < -0.39 is 0 Å². The molecule has 46 valence electrons. The predicted molar refractivity (Wildman–Crippen MR) is 36.7 cm³/mol. The van der Waals surface area contributed by atoms with E-state index in [2.05, 4.69) is 12.1 Å². The first kappa shape index (κ1) is 6.30. The average molecular weight is 119 g/mol. The van der Waals surface area contributed by atoms with Crippen LogP contribution in [0.15, 0.2) is 18.2 Å². The number of hydrogen-bond acceptors (Lipinski definition) is 1. The Hall–Kier alpha value is -0.820. The molecule has 0 saturated carbocycles. The van der Waals surface area contributed by atoms with Gasteiger partial charge < -0.3 is 5.73 Å². The third-order valence-corrected chi connectivity index (χ3v) is 1.16. The molecule has 0 amide bonds. The van der Waals surface area contributed by atoms with Crippen LogP contribution in [0, 0.1) is 12.1 Å². The lowest BCUT2D eigenvalue weighted by atomic mass is 10.1. The molecule has 0 aliphatic rings. The highest BCUT2D eigenvalue weighted by Crippen LogP contribution is 2.05. The molecule has 9 heavy (non-hydrogen) atoms. The van der Waals surface area contributed by atoms with Crippen molar-refractivity contribution in [1.29, 1.82) is 0 Å². The lowest BCUT2D eigenvalue weighted by Crippen LogP contribution is -2.04. The maximum Gasteiger partial charge on any atom is 0.0272 e. The zero-order valence-electron chi connectivity index (χ0n) is 5.39. The van der Waals surface area contributed by atoms with Crippen LogP contribution in [0.2, 0.25) is 0 Å². The Kier molecular flexibility index (Phi) is 1.85. The van der Waals surface area contributed by atoms with Crippen molar-refractivity contribution >= 4 is 0 Å². The first-order valence-corrected chi connectivity index (χ1v) is 2.94. The summed E-state index contributed by atoms with van der Waals surface area (Å²) < 4.78 is 0. The molecule has 0 aliphatic carbocycles. The van der Waals surface area contributed by atoms with Crippen LogP contribution in [0.3, 0.4) is 0 Å². The molecule has 1 atom stereocenters. The van der Waals surface area contributed by atoms with Crippen LogP contribution in [0.4, 0.5) is 0 Å². The van der Waals surface area contributed by atoms with Crippen LogP contribution in [-0.4, -0.2) is 0 Å². The van der Waals surface area contributed by atoms with Gasteiger partial charge in [-0.05, 0) is 30.7 Å². The maximum absolute atomic E-state index is 5.56. The smallest absolute Gasteiger partial charge is 0.0272 e. The van der Waals surface area contributed by atoms with Gasteiger partial charge >= 0.3 is 0 Å². The maximum atomic E-state index is 5.56. The molecule has 1 heteroatoms. The van der Waals surface area contributed by atoms with Gasteiger partial charge in [0.15, 0.2) is 0 Å². The zero-order valence-corrected chi connectivity index (χ0v) is 5.39. The molecule has 0 saturated heterocycles. The van der Waals surface area contributed by atoms with Crippen molar-refractivity contribution in [2.75, 3.05) is 0 Å². The van der Waals surface area contributed by atoms with Crippen LogP contribution in [-0.2, 0) is 0 Å². The third-order valence-electron chi connectivity index (χ3n) is 1.16. The second kappa shape index (κ2) is 2.65. The summed E-state index contributed by atoms with van der Waals surface area (Å²) in [6.45, 7) is 1.93. The van der Waals surface area contributed by atoms with Gasteiger partial charge in [-0.25, -0.2) is 0 Å². The van der Waals surface area contributed by atoms with Gasteiger partial charge in [-0.2, -0.15) is 0 Å². The normalized spacial score (nSPS) is 13.1. The standard InChI is InChI=1S/C8H9N/c1-7(9)8-5-3-2-4-6-8/h2-3,6-7H,9H2,1H3. The van der Waals surface area contributed by atoms with Crippen LogP contribution >= 0.6 is 0 Å². The molecule has 0 aromatic heterocycles. The summed E-state index contributed by atoms with van der Waals surface area (Å²) >= 11 is 0. The van der Waals surface area contributed by atoms with Gasteiger partial charge in [0.1, 0.15) is 0 Å². The molecule has 1 aromatic rings. The Morgan fingerprint density at radius 3 is 2.67 bits per heavy atom. The molecule has 0 heterocycles. The first-order valence-electron chi connectivity index (χ1n) is 2.94. The Morgan fingerprint density at radius 2 is 2.33 bits per heavy atom. The van der Waals surface area contributed by atoms with E-state index in [9.17, 15) is 0 Å². The van der Waals surface area contributed by atoms with Gasteiger partial charge in [0.05, 0.1) is 0 Å².